The minimum Gasteiger partial charge on any atom is -0.479 e. The summed E-state index contributed by atoms with van der Waals surface area (Å²) in [4.78, 5) is 50.4. The molecule has 0 aromatic heterocycles. The summed E-state index contributed by atoms with van der Waals surface area (Å²) in [6.45, 7) is 20.9. The van der Waals surface area contributed by atoms with E-state index in [2.05, 4.69) is 52.2 Å². The molecule has 0 saturated heterocycles. The molecule has 0 fully saturated rings. The molecule has 0 radical (unpaired) electrons. The molecule has 0 bridgehead atoms. The van der Waals surface area contributed by atoms with Gasteiger partial charge in [-0.3, -0.25) is 9.59 Å². The summed E-state index contributed by atoms with van der Waals surface area (Å²) in [6, 6.07) is 33.2. The molecular weight excluding hydrogens is 701 g/mol. The number of amides is 2. The molecule has 2 amide bonds. The molecule has 8 nitrogen and oxygen atoms in total. The van der Waals surface area contributed by atoms with Gasteiger partial charge in [0.15, 0.2) is 0 Å². The minimum absolute atomic E-state index is 0.00915. The largest absolute Gasteiger partial charge is 0.479 e. The lowest BCUT2D eigenvalue weighted by molar-refractivity contribution is -0.148. The molecule has 0 aliphatic carbocycles. The third kappa shape index (κ3) is 14.1. The highest BCUT2D eigenvalue weighted by Gasteiger charge is 2.41. The van der Waals surface area contributed by atoms with Crippen LogP contribution in [0.2, 0.25) is 0 Å². The van der Waals surface area contributed by atoms with Crippen molar-refractivity contribution in [3.63, 3.8) is 0 Å². The van der Waals surface area contributed by atoms with Crippen molar-refractivity contribution >= 4 is 23.8 Å². The fraction of sp³-hybridized carbons (Fsp3) is 0.417. The van der Waals surface area contributed by atoms with Gasteiger partial charge < -0.3 is 20.5 Å². The first-order valence-corrected chi connectivity index (χ1v) is 19.5. The molecule has 0 saturated carbocycles. The number of aliphatic carboxylic acids is 1. The van der Waals surface area contributed by atoms with E-state index in [1.807, 2.05) is 113 Å². The summed E-state index contributed by atoms with van der Waals surface area (Å²) in [6.07, 6.45) is 1.12. The second-order valence-corrected chi connectivity index (χ2v) is 17.5. The molecule has 0 aliphatic rings. The molecule has 4 aromatic rings. The van der Waals surface area contributed by atoms with Crippen molar-refractivity contribution in [1.29, 1.82) is 0 Å². The number of hydrogen-bond acceptors (Lipinski definition) is 5. The van der Waals surface area contributed by atoms with Gasteiger partial charge in [-0.1, -0.05) is 154 Å². The average molecular weight is 763 g/mol. The van der Waals surface area contributed by atoms with Crippen molar-refractivity contribution in [3.8, 4) is 0 Å². The lowest BCUT2D eigenvalue weighted by atomic mass is 9.82. The highest BCUT2D eigenvalue weighted by Crippen LogP contribution is 2.26. The van der Waals surface area contributed by atoms with E-state index in [1.165, 1.54) is 0 Å². The second kappa shape index (κ2) is 20.1. The first-order valence-electron chi connectivity index (χ1n) is 19.5. The Kier molecular flexibility index (Phi) is 16.2. The molecule has 0 unspecified atom stereocenters. The Labute approximate surface area is 334 Å². The van der Waals surface area contributed by atoms with Gasteiger partial charge in [0.05, 0.1) is 0 Å². The zero-order valence-corrected chi connectivity index (χ0v) is 34.9. The van der Waals surface area contributed by atoms with E-state index in [0.29, 0.717) is 24.0 Å². The Bertz CT molecular complexity index is 1850. The highest BCUT2D eigenvalue weighted by atomic mass is 16.5. The predicted molar refractivity (Wildman–Crippen MR) is 225 cm³/mol. The smallest absolute Gasteiger partial charge is 0.329 e. The molecule has 56 heavy (non-hydrogen) atoms. The third-order valence-corrected chi connectivity index (χ3v) is 9.41. The van der Waals surface area contributed by atoms with E-state index in [4.69, 9.17) is 4.74 Å². The lowest BCUT2D eigenvalue weighted by Crippen LogP contribution is -2.57. The highest BCUT2D eigenvalue weighted by molar-refractivity contribution is 5.98. The number of carbonyl (C=O) groups is 4. The van der Waals surface area contributed by atoms with Gasteiger partial charge in [-0.25, -0.2) is 9.59 Å². The molecule has 4 rings (SSSR count). The maximum absolute atomic E-state index is 12.9. The van der Waals surface area contributed by atoms with Crippen LogP contribution in [0.25, 0.3) is 0 Å². The molecule has 2 atom stereocenters. The summed E-state index contributed by atoms with van der Waals surface area (Å²) >= 11 is 0. The number of carboxylic acids is 1. The van der Waals surface area contributed by atoms with Crippen molar-refractivity contribution in [2.45, 2.75) is 118 Å². The van der Waals surface area contributed by atoms with Crippen LogP contribution in [0.1, 0.15) is 125 Å². The average Bonchev–Trinajstić information content (AvgIpc) is 3.13. The first kappa shape index (κ1) is 45.2. The summed E-state index contributed by atoms with van der Waals surface area (Å²) < 4.78 is 5.44. The minimum atomic E-state index is -1.35. The molecule has 4 aromatic carbocycles. The molecule has 0 spiro atoms. The Morgan fingerprint density at radius 3 is 1.46 bits per heavy atom. The fourth-order valence-electron chi connectivity index (χ4n) is 6.31. The number of rotatable bonds is 14. The van der Waals surface area contributed by atoms with Crippen LogP contribution in [-0.4, -0.2) is 40.4 Å². The van der Waals surface area contributed by atoms with Crippen LogP contribution in [-0.2, 0) is 38.2 Å². The number of benzene rings is 4. The standard InChI is InChI=1S/2C24H31NO3/c1-17(2)15-24(22(27)28,16-18-9-7-6-8-10-18)25-21(26)19-11-13-20(14-12-19)23(3,4)5;1-17(2)15-21(23(27)28-16-18-9-7-6-8-10-18)25-22(26)19-11-13-20(14-12-19)24(3,4)5/h6-14,17H,15-16H2,1-5H3,(H,25,26)(H,27,28);6-14,17,21H,15-16H2,1-5H3,(H,25,26)/t24-;21-/m00/s1. The Hall–Kier alpha value is -5.24. The number of nitrogens with one attached hydrogen (secondary N) is 2. The van der Waals surface area contributed by atoms with Gasteiger partial charge in [-0.05, 0) is 82.0 Å². The Morgan fingerprint density at radius 2 is 1.05 bits per heavy atom. The van der Waals surface area contributed by atoms with Crippen molar-refractivity contribution in [2.75, 3.05) is 0 Å². The van der Waals surface area contributed by atoms with Crippen LogP contribution in [0.5, 0.6) is 0 Å². The number of hydrogen-bond donors (Lipinski definition) is 3. The van der Waals surface area contributed by atoms with E-state index in [9.17, 15) is 24.3 Å². The van der Waals surface area contributed by atoms with Gasteiger partial charge in [0.1, 0.15) is 18.2 Å². The normalized spacial score (nSPS) is 13.1. The predicted octanol–water partition coefficient (Wildman–Crippen LogP) is 9.70. The summed E-state index contributed by atoms with van der Waals surface area (Å²) in [5.41, 5.74) is 3.76. The SMILES string of the molecule is CC(C)C[C@@](Cc1ccccc1)(NC(=O)c1ccc(C(C)(C)C)cc1)C(=O)O.CC(C)C[C@H](NC(=O)c1ccc(C(C)(C)C)cc1)C(=O)OCc1ccccc1. The summed E-state index contributed by atoms with van der Waals surface area (Å²) in [7, 11) is 0. The van der Waals surface area contributed by atoms with E-state index in [0.717, 1.165) is 22.3 Å². The zero-order valence-electron chi connectivity index (χ0n) is 34.9. The molecule has 0 aliphatic heterocycles. The van der Waals surface area contributed by atoms with Crippen LogP contribution in [0.15, 0.2) is 109 Å². The van der Waals surface area contributed by atoms with Gasteiger partial charge in [0, 0.05) is 17.5 Å². The topological polar surface area (TPSA) is 122 Å². The van der Waals surface area contributed by atoms with Crippen molar-refractivity contribution in [2.24, 2.45) is 11.8 Å². The number of carbonyl (C=O) groups excluding carboxylic acids is 3. The number of esters is 1. The van der Waals surface area contributed by atoms with Crippen molar-refractivity contribution < 1.29 is 29.0 Å². The van der Waals surface area contributed by atoms with E-state index in [-0.39, 0.29) is 47.5 Å². The van der Waals surface area contributed by atoms with E-state index >= 15 is 0 Å². The van der Waals surface area contributed by atoms with Crippen LogP contribution >= 0.6 is 0 Å². The first-order chi connectivity index (χ1) is 26.2. The van der Waals surface area contributed by atoms with Crippen molar-refractivity contribution in [3.05, 3.63) is 143 Å². The molecular formula is C48H62N2O6. The summed E-state index contributed by atoms with van der Waals surface area (Å²) in [5, 5.41) is 15.8. The van der Waals surface area contributed by atoms with Crippen molar-refractivity contribution in [1.82, 2.24) is 10.6 Å². The van der Waals surface area contributed by atoms with E-state index in [1.54, 1.807) is 24.3 Å². The molecule has 3 N–H and O–H groups in total. The number of carboxylic acid groups (broad SMARTS) is 1. The maximum Gasteiger partial charge on any atom is 0.329 e. The fourth-order valence-corrected chi connectivity index (χ4v) is 6.31. The zero-order chi connectivity index (χ0) is 41.7. The van der Waals surface area contributed by atoms with Crippen LogP contribution in [0.4, 0.5) is 0 Å². The number of ether oxygens (including phenoxy) is 1. The van der Waals surface area contributed by atoms with Gasteiger partial charge in [0.25, 0.3) is 11.8 Å². The van der Waals surface area contributed by atoms with Gasteiger partial charge in [-0.2, -0.15) is 0 Å². The van der Waals surface area contributed by atoms with Crippen LogP contribution < -0.4 is 10.6 Å². The van der Waals surface area contributed by atoms with Crippen LogP contribution in [0.3, 0.4) is 0 Å². The third-order valence-electron chi connectivity index (χ3n) is 9.41. The quantitative estimate of drug-likeness (QED) is 0.110. The monoisotopic (exact) mass is 762 g/mol. The second-order valence-electron chi connectivity index (χ2n) is 17.5. The Morgan fingerprint density at radius 1 is 0.607 bits per heavy atom. The molecule has 300 valence electrons. The van der Waals surface area contributed by atoms with Crippen LogP contribution in [0, 0.1) is 11.8 Å². The van der Waals surface area contributed by atoms with Gasteiger partial charge >= 0.3 is 11.9 Å². The summed E-state index contributed by atoms with van der Waals surface area (Å²) in [5.74, 6) is -1.68. The maximum atomic E-state index is 12.9. The Balaban J connectivity index is 0.000000300. The van der Waals surface area contributed by atoms with E-state index < -0.39 is 23.5 Å². The molecule has 0 heterocycles. The lowest BCUT2D eigenvalue weighted by Gasteiger charge is -2.32. The molecule has 8 heteroatoms. The van der Waals surface area contributed by atoms with Gasteiger partial charge in [0.2, 0.25) is 0 Å². The van der Waals surface area contributed by atoms with Gasteiger partial charge in [-0.15, -0.1) is 0 Å².